The summed E-state index contributed by atoms with van der Waals surface area (Å²) in [6.07, 6.45) is 5.46. The predicted molar refractivity (Wildman–Crippen MR) is 96.7 cm³/mol. The quantitative estimate of drug-likeness (QED) is 0.700. The largest absolute Gasteiger partial charge is 0.492 e. The van der Waals surface area contributed by atoms with Crippen molar-refractivity contribution < 1.29 is 9.47 Å². The van der Waals surface area contributed by atoms with Crippen LogP contribution in [0.4, 0.5) is 11.8 Å². The first-order valence-corrected chi connectivity index (χ1v) is 7.83. The minimum atomic E-state index is 0.108. The molecular weight excluding hydrogens is 316 g/mol. The Kier molecular flexibility index (Phi) is 3.36. The van der Waals surface area contributed by atoms with Crippen LogP contribution in [0.5, 0.6) is 17.2 Å². The zero-order valence-corrected chi connectivity index (χ0v) is 13.6. The van der Waals surface area contributed by atoms with Crippen molar-refractivity contribution in [2.75, 3.05) is 18.1 Å². The summed E-state index contributed by atoms with van der Waals surface area (Å²) in [5.41, 5.74) is 14.0. The lowest BCUT2D eigenvalue weighted by atomic mass is 9.99. The van der Waals surface area contributed by atoms with Crippen molar-refractivity contribution in [3.63, 3.8) is 0 Å². The third-order valence-electron chi connectivity index (χ3n) is 4.19. The first-order chi connectivity index (χ1) is 12.1. The maximum Gasteiger partial charge on any atom is 0.222 e. The number of rotatable bonds is 2. The van der Waals surface area contributed by atoms with Gasteiger partial charge in [0.05, 0.1) is 17.5 Å². The molecule has 6 nitrogen and oxygen atoms in total. The molecule has 0 saturated heterocycles. The highest BCUT2D eigenvalue weighted by atomic mass is 16.5. The van der Waals surface area contributed by atoms with E-state index in [4.69, 9.17) is 27.4 Å². The second-order valence-electron chi connectivity index (χ2n) is 5.96. The minimum absolute atomic E-state index is 0.108. The normalized spacial score (nSPS) is 15.4. The summed E-state index contributed by atoms with van der Waals surface area (Å²) in [7, 11) is 0. The second-order valence-corrected chi connectivity index (χ2v) is 5.96. The van der Waals surface area contributed by atoms with Gasteiger partial charge in [0, 0.05) is 23.1 Å². The van der Waals surface area contributed by atoms with Crippen molar-refractivity contribution in [3.05, 3.63) is 41.5 Å². The molecule has 0 aliphatic carbocycles. The van der Waals surface area contributed by atoms with Gasteiger partial charge in [-0.1, -0.05) is 18.9 Å². The Morgan fingerprint density at radius 1 is 1.28 bits per heavy atom. The molecule has 0 radical (unpaired) electrons. The first-order valence-electron chi connectivity index (χ1n) is 7.83. The molecule has 2 aromatic carbocycles. The molecule has 2 heterocycles. The number of anilines is 2. The van der Waals surface area contributed by atoms with Crippen LogP contribution >= 0.6 is 0 Å². The molecule has 4 N–H and O–H groups in total. The van der Waals surface area contributed by atoms with E-state index in [9.17, 15) is 0 Å². The van der Waals surface area contributed by atoms with E-state index >= 15 is 0 Å². The average molecular weight is 332 g/mol. The van der Waals surface area contributed by atoms with E-state index in [0.29, 0.717) is 40.6 Å². The summed E-state index contributed by atoms with van der Waals surface area (Å²) in [6, 6.07) is 9.17. The summed E-state index contributed by atoms with van der Waals surface area (Å²) in [5, 5.41) is 0.665. The van der Waals surface area contributed by atoms with Gasteiger partial charge in [0.2, 0.25) is 5.95 Å². The second kappa shape index (κ2) is 5.56. The molecule has 0 bridgehead atoms. The number of nitrogens with zero attached hydrogens (tertiary/aromatic N) is 2. The lowest BCUT2D eigenvalue weighted by molar-refractivity contribution is 0.340. The van der Waals surface area contributed by atoms with Crippen LogP contribution in [0.25, 0.3) is 10.9 Å². The van der Waals surface area contributed by atoms with E-state index in [2.05, 4.69) is 22.8 Å². The number of fused-ring (bicyclic) bond motifs is 3. The van der Waals surface area contributed by atoms with Crippen molar-refractivity contribution >= 4 is 22.7 Å². The summed E-state index contributed by atoms with van der Waals surface area (Å²) in [6.45, 7) is 2.61. The summed E-state index contributed by atoms with van der Waals surface area (Å²) < 4.78 is 12.0. The zero-order chi connectivity index (χ0) is 17.6. The number of hydrogen-bond acceptors (Lipinski definition) is 6. The number of benzene rings is 2. The molecule has 0 fully saturated rings. The van der Waals surface area contributed by atoms with Crippen LogP contribution < -0.4 is 20.9 Å². The van der Waals surface area contributed by atoms with Crippen LogP contribution in [-0.2, 0) is 0 Å². The molecule has 1 aromatic heterocycles. The highest BCUT2D eigenvalue weighted by molar-refractivity contribution is 5.97. The number of nitrogen functional groups attached to an aromatic ring is 2. The van der Waals surface area contributed by atoms with Gasteiger partial charge in [0.25, 0.3) is 0 Å². The number of aromatic nitrogens is 2. The van der Waals surface area contributed by atoms with Crippen molar-refractivity contribution in [2.45, 2.75) is 12.8 Å². The van der Waals surface area contributed by atoms with Crippen LogP contribution in [0.2, 0.25) is 0 Å². The fourth-order valence-electron chi connectivity index (χ4n) is 3.07. The van der Waals surface area contributed by atoms with Crippen LogP contribution in [0.3, 0.4) is 0 Å². The maximum atomic E-state index is 6.10. The van der Waals surface area contributed by atoms with Gasteiger partial charge in [-0.2, -0.15) is 4.98 Å². The first kappa shape index (κ1) is 15.1. The number of terminal acetylenes is 1. The Balaban J connectivity index is 1.92. The van der Waals surface area contributed by atoms with E-state index in [1.807, 2.05) is 24.3 Å². The fourth-order valence-corrected chi connectivity index (χ4v) is 3.07. The van der Waals surface area contributed by atoms with Gasteiger partial charge in [-0.3, -0.25) is 0 Å². The van der Waals surface area contributed by atoms with Gasteiger partial charge < -0.3 is 20.9 Å². The molecule has 0 spiro atoms. The van der Waals surface area contributed by atoms with Crippen molar-refractivity contribution in [1.29, 1.82) is 0 Å². The Labute approximate surface area is 144 Å². The SMILES string of the molecule is C#Cc1cccc(Oc2cc3nc(N)nc(N)c3c3c2C(C)CO3)c1. The minimum Gasteiger partial charge on any atom is -0.492 e. The molecule has 124 valence electrons. The Bertz CT molecular complexity index is 1040. The molecule has 0 amide bonds. The fraction of sp³-hybridized carbons (Fsp3) is 0.158. The zero-order valence-electron chi connectivity index (χ0n) is 13.6. The molecule has 1 aliphatic heterocycles. The highest BCUT2D eigenvalue weighted by Crippen LogP contribution is 2.47. The molecular formula is C19H16N4O2. The lowest BCUT2D eigenvalue weighted by Gasteiger charge is -2.14. The van der Waals surface area contributed by atoms with Crippen molar-refractivity contribution in [2.24, 2.45) is 0 Å². The Morgan fingerprint density at radius 2 is 2.12 bits per heavy atom. The van der Waals surface area contributed by atoms with Gasteiger partial charge in [0.1, 0.15) is 23.1 Å². The van der Waals surface area contributed by atoms with Crippen LogP contribution in [-0.4, -0.2) is 16.6 Å². The van der Waals surface area contributed by atoms with E-state index in [-0.39, 0.29) is 11.9 Å². The monoisotopic (exact) mass is 332 g/mol. The molecule has 6 heteroatoms. The van der Waals surface area contributed by atoms with Gasteiger partial charge in [-0.05, 0) is 18.2 Å². The molecule has 3 aromatic rings. The topological polar surface area (TPSA) is 96.3 Å². The number of hydrogen-bond donors (Lipinski definition) is 2. The molecule has 4 rings (SSSR count). The van der Waals surface area contributed by atoms with E-state index in [0.717, 1.165) is 11.1 Å². The van der Waals surface area contributed by atoms with Gasteiger partial charge in [-0.15, -0.1) is 6.42 Å². The number of ether oxygens (including phenoxy) is 2. The standard InChI is InChI=1S/C19H16N4O2/c1-3-11-5-4-6-12(7-11)25-14-8-13-16(18(20)23-19(21)22-13)17-15(14)10(2)9-24-17/h1,4-8,10H,9H2,2H3,(H4,20,21,22,23). The Hall–Kier alpha value is -3.46. The molecule has 1 aliphatic rings. The average Bonchev–Trinajstić information content (AvgIpc) is 2.96. The molecule has 25 heavy (non-hydrogen) atoms. The maximum absolute atomic E-state index is 6.10. The molecule has 0 saturated carbocycles. The smallest absolute Gasteiger partial charge is 0.222 e. The van der Waals surface area contributed by atoms with Crippen LogP contribution in [0.15, 0.2) is 30.3 Å². The van der Waals surface area contributed by atoms with Gasteiger partial charge in [-0.25, -0.2) is 4.98 Å². The van der Waals surface area contributed by atoms with Crippen molar-refractivity contribution in [3.8, 4) is 29.6 Å². The van der Waals surface area contributed by atoms with E-state index < -0.39 is 0 Å². The van der Waals surface area contributed by atoms with E-state index in [1.54, 1.807) is 6.07 Å². The predicted octanol–water partition coefficient (Wildman–Crippen LogP) is 3.06. The molecule has 1 unspecified atom stereocenters. The third-order valence-corrected chi connectivity index (χ3v) is 4.19. The highest BCUT2D eigenvalue weighted by Gasteiger charge is 2.29. The van der Waals surface area contributed by atoms with Crippen molar-refractivity contribution in [1.82, 2.24) is 9.97 Å². The molecule has 1 atom stereocenters. The Morgan fingerprint density at radius 3 is 2.92 bits per heavy atom. The summed E-state index contributed by atoms with van der Waals surface area (Å²) in [4.78, 5) is 8.31. The van der Waals surface area contributed by atoms with Gasteiger partial charge in [0.15, 0.2) is 0 Å². The third kappa shape index (κ3) is 2.46. The van der Waals surface area contributed by atoms with E-state index in [1.165, 1.54) is 0 Å². The van der Waals surface area contributed by atoms with Gasteiger partial charge >= 0.3 is 0 Å². The number of nitrogens with two attached hydrogens (primary N) is 2. The lowest BCUT2D eigenvalue weighted by Crippen LogP contribution is -2.02. The summed E-state index contributed by atoms with van der Waals surface area (Å²) in [5.74, 6) is 5.12. The van der Waals surface area contributed by atoms with Crippen LogP contribution in [0.1, 0.15) is 24.0 Å². The van der Waals surface area contributed by atoms with Crippen LogP contribution in [0, 0.1) is 12.3 Å². The summed E-state index contributed by atoms with van der Waals surface area (Å²) >= 11 is 0.